The molecule has 0 spiro atoms. The minimum absolute atomic E-state index is 0.0997. The van der Waals surface area contributed by atoms with Gasteiger partial charge >= 0.3 is 0 Å². The Morgan fingerprint density at radius 1 is 1.15 bits per heavy atom. The van der Waals surface area contributed by atoms with E-state index >= 15 is 0 Å². The van der Waals surface area contributed by atoms with Crippen LogP contribution in [-0.4, -0.2) is 18.4 Å². The molecule has 5 heteroatoms. The number of benzene rings is 2. The number of amides is 2. The molecule has 0 unspecified atom stereocenters. The summed E-state index contributed by atoms with van der Waals surface area (Å²) in [5.41, 5.74) is 2.98. The molecule has 0 aliphatic rings. The maximum atomic E-state index is 12.3. The molecule has 0 fully saturated rings. The van der Waals surface area contributed by atoms with Crippen LogP contribution in [0.1, 0.15) is 44.2 Å². The van der Waals surface area contributed by atoms with Gasteiger partial charge in [0.25, 0.3) is 0 Å². The molecular weight excluding hydrogens is 326 g/mol. The Hall–Kier alpha value is -3.13. The van der Waals surface area contributed by atoms with E-state index in [4.69, 9.17) is 5.26 Å². The molecule has 0 aliphatic carbocycles. The van der Waals surface area contributed by atoms with E-state index in [-0.39, 0.29) is 24.2 Å². The van der Waals surface area contributed by atoms with Crippen LogP contribution in [0.2, 0.25) is 0 Å². The summed E-state index contributed by atoms with van der Waals surface area (Å²) in [4.78, 5) is 26.0. The van der Waals surface area contributed by atoms with Gasteiger partial charge in [-0.2, -0.15) is 5.26 Å². The lowest BCUT2D eigenvalue weighted by molar-refractivity contribution is -0.117. The number of para-hydroxylation sites is 1. The van der Waals surface area contributed by atoms with Gasteiger partial charge in [-0.3, -0.25) is 9.59 Å². The number of nitrogens with one attached hydrogen (secondary N) is 1. The monoisotopic (exact) mass is 349 g/mol. The van der Waals surface area contributed by atoms with Crippen LogP contribution in [0.15, 0.2) is 48.5 Å². The molecule has 0 radical (unpaired) electrons. The molecule has 2 amide bonds. The zero-order valence-corrected chi connectivity index (χ0v) is 15.3. The number of hydrogen-bond donors (Lipinski definition) is 1. The van der Waals surface area contributed by atoms with Gasteiger partial charge in [-0.05, 0) is 35.7 Å². The van der Waals surface area contributed by atoms with Crippen molar-refractivity contribution in [3.63, 3.8) is 0 Å². The van der Waals surface area contributed by atoms with E-state index in [2.05, 4.69) is 19.2 Å². The van der Waals surface area contributed by atoms with Gasteiger partial charge in [-0.15, -0.1) is 0 Å². The quantitative estimate of drug-likeness (QED) is 0.854. The third kappa shape index (κ3) is 4.93. The van der Waals surface area contributed by atoms with Crippen LogP contribution in [0.25, 0.3) is 0 Å². The molecule has 2 aromatic rings. The predicted molar refractivity (Wildman–Crippen MR) is 103 cm³/mol. The standard InChI is InChI=1S/C21H23N3O2/c1-15(2)19-9-4-5-10-20(19)24(16(3)25)12-11-21(26)23-18-8-6-7-17(13-18)14-22/h4-10,13,15H,11-12H2,1-3H3,(H,23,26). The zero-order valence-electron chi connectivity index (χ0n) is 15.3. The Morgan fingerprint density at radius 3 is 2.54 bits per heavy atom. The largest absolute Gasteiger partial charge is 0.326 e. The summed E-state index contributed by atoms with van der Waals surface area (Å²) >= 11 is 0. The molecular formula is C21H23N3O2. The Bertz CT molecular complexity index is 837. The SMILES string of the molecule is CC(=O)N(CCC(=O)Nc1cccc(C#N)c1)c1ccccc1C(C)C. The molecule has 1 N–H and O–H groups in total. The first-order valence-corrected chi connectivity index (χ1v) is 8.59. The summed E-state index contributed by atoms with van der Waals surface area (Å²) in [6, 6.07) is 16.5. The summed E-state index contributed by atoms with van der Waals surface area (Å²) in [5, 5.41) is 11.7. The van der Waals surface area contributed by atoms with Crippen molar-refractivity contribution in [2.45, 2.75) is 33.1 Å². The van der Waals surface area contributed by atoms with Crippen molar-refractivity contribution >= 4 is 23.2 Å². The second-order valence-electron chi connectivity index (χ2n) is 6.37. The van der Waals surface area contributed by atoms with E-state index in [1.165, 1.54) is 6.92 Å². The second-order valence-corrected chi connectivity index (χ2v) is 6.37. The average Bonchev–Trinajstić information content (AvgIpc) is 2.62. The minimum atomic E-state index is -0.201. The van der Waals surface area contributed by atoms with Gasteiger partial charge in [0.05, 0.1) is 11.6 Å². The highest BCUT2D eigenvalue weighted by molar-refractivity contribution is 5.95. The Labute approximate surface area is 154 Å². The molecule has 0 bridgehead atoms. The van der Waals surface area contributed by atoms with Gasteiger partial charge in [-0.1, -0.05) is 38.1 Å². The van der Waals surface area contributed by atoms with Gasteiger partial charge in [0.15, 0.2) is 0 Å². The third-order valence-corrected chi connectivity index (χ3v) is 4.07. The van der Waals surface area contributed by atoms with Gasteiger partial charge in [0, 0.05) is 31.3 Å². The maximum absolute atomic E-state index is 12.3. The Balaban J connectivity index is 2.08. The summed E-state index contributed by atoms with van der Waals surface area (Å²) in [6.45, 7) is 5.95. The van der Waals surface area contributed by atoms with Crippen molar-refractivity contribution in [2.75, 3.05) is 16.8 Å². The molecule has 134 valence electrons. The highest BCUT2D eigenvalue weighted by Gasteiger charge is 2.17. The fourth-order valence-corrected chi connectivity index (χ4v) is 2.77. The fraction of sp³-hybridized carbons (Fsp3) is 0.286. The number of nitriles is 1. The van der Waals surface area contributed by atoms with Crippen LogP contribution in [-0.2, 0) is 9.59 Å². The average molecular weight is 349 g/mol. The van der Waals surface area contributed by atoms with Crippen molar-refractivity contribution in [3.8, 4) is 6.07 Å². The van der Waals surface area contributed by atoms with Gasteiger partial charge in [0.2, 0.25) is 11.8 Å². The van der Waals surface area contributed by atoms with Gasteiger partial charge in [-0.25, -0.2) is 0 Å². The van der Waals surface area contributed by atoms with E-state index in [1.54, 1.807) is 29.2 Å². The molecule has 2 aromatic carbocycles. The van der Waals surface area contributed by atoms with E-state index in [0.29, 0.717) is 17.8 Å². The number of nitrogens with zero attached hydrogens (tertiary/aromatic N) is 2. The van der Waals surface area contributed by atoms with Crippen molar-refractivity contribution in [1.29, 1.82) is 5.26 Å². The van der Waals surface area contributed by atoms with E-state index in [1.807, 2.05) is 30.3 Å². The third-order valence-electron chi connectivity index (χ3n) is 4.07. The summed E-state index contributed by atoms with van der Waals surface area (Å²) in [6.07, 6.45) is 0.169. The first-order valence-electron chi connectivity index (χ1n) is 8.59. The topological polar surface area (TPSA) is 73.2 Å². The maximum Gasteiger partial charge on any atom is 0.226 e. The number of carbonyl (C=O) groups is 2. The number of anilines is 2. The highest BCUT2D eigenvalue weighted by atomic mass is 16.2. The van der Waals surface area contributed by atoms with E-state index < -0.39 is 0 Å². The summed E-state index contributed by atoms with van der Waals surface area (Å²) in [7, 11) is 0. The smallest absolute Gasteiger partial charge is 0.226 e. The first-order chi connectivity index (χ1) is 12.4. The van der Waals surface area contributed by atoms with Crippen molar-refractivity contribution in [3.05, 3.63) is 59.7 Å². The fourth-order valence-electron chi connectivity index (χ4n) is 2.77. The molecule has 0 saturated heterocycles. The molecule has 0 saturated carbocycles. The first kappa shape index (κ1) is 19.2. The van der Waals surface area contributed by atoms with Crippen LogP contribution in [0.3, 0.4) is 0 Å². The van der Waals surface area contributed by atoms with Crippen molar-refractivity contribution < 1.29 is 9.59 Å². The lowest BCUT2D eigenvalue weighted by atomic mass is 10.0. The normalized spacial score (nSPS) is 10.3. The van der Waals surface area contributed by atoms with Crippen LogP contribution >= 0.6 is 0 Å². The molecule has 0 heterocycles. The number of hydrogen-bond acceptors (Lipinski definition) is 3. The molecule has 5 nitrogen and oxygen atoms in total. The van der Waals surface area contributed by atoms with E-state index in [9.17, 15) is 9.59 Å². The van der Waals surface area contributed by atoms with Crippen LogP contribution < -0.4 is 10.2 Å². The molecule has 0 atom stereocenters. The highest BCUT2D eigenvalue weighted by Crippen LogP contribution is 2.27. The van der Waals surface area contributed by atoms with Crippen LogP contribution in [0, 0.1) is 11.3 Å². The Kier molecular flexibility index (Phi) is 6.51. The van der Waals surface area contributed by atoms with Gasteiger partial charge < -0.3 is 10.2 Å². The van der Waals surface area contributed by atoms with E-state index in [0.717, 1.165) is 11.3 Å². The minimum Gasteiger partial charge on any atom is -0.326 e. The molecule has 26 heavy (non-hydrogen) atoms. The van der Waals surface area contributed by atoms with Crippen LogP contribution in [0.5, 0.6) is 0 Å². The lowest BCUT2D eigenvalue weighted by Crippen LogP contribution is -2.32. The zero-order chi connectivity index (χ0) is 19.1. The Morgan fingerprint density at radius 2 is 1.88 bits per heavy atom. The van der Waals surface area contributed by atoms with Crippen LogP contribution in [0.4, 0.5) is 11.4 Å². The summed E-state index contributed by atoms with van der Waals surface area (Å²) < 4.78 is 0. The van der Waals surface area contributed by atoms with Crippen molar-refractivity contribution in [2.24, 2.45) is 0 Å². The number of carbonyl (C=O) groups excluding carboxylic acids is 2. The summed E-state index contributed by atoms with van der Waals surface area (Å²) in [5.74, 6) is -0.0265. The van der Waals surface area contributed by atoms with Crippen molar-refractivity contribution in [1.82, 2.24) is 0 Å². The lowest BCUT2D eigenvalue weighted by Gasteiger charge is -2.25. The molecule has 0 aliphatic heterocycles. The predicted octanol–water partition coefficient (Wildman–Crippen LogP) is 4.06. The number of rotatable bonds is 6. The van der Waals surface area contributed by atoms with Gasteiger partial charge in [0.1, 0.15) is 0 Å². The molecule has 0 aromatic heterocycles. The molecule has 2 rings (SSSR count). The second kappa shape index (κ2) is 8.82.